The molecule has 1 N–H and O–H groups in total. The molecule has 0 atom stereocenters. The minimum absolute atomic E-state index is 0.0162. The van der Waals surface area contributed by atoms with Crippen LogP contribution >= 0.6 is 11.6 Å². The number of amides is 1. The molecule has 1 aliphatic heterocycles. The first kappa shape index (κ1) is 20.6. The zero-order valence-corrected chi connectivity index (χ0v) is 16.8. The van der Waals surface area contributed by atoms with E-state index in [1.807, 2.05) is 0 Å². The van der Waals surface area contributed by atoms with Gasteiger partial charge in [-0.15, -0.1) is 0 Å². The molecule has 28 heavy (non-hydrogen) atoms. The van der Waals surface area contributed by atoms with Gasteiger partial charge in [-0.25, -0.2) is 21.2 Å². The summed E-state index contributed by atoms with van der Waals surface area (Å²) in [4.78, 5) is 13.8. The molecule has 3 rings (SSSR count). The van der Waals surface area contributed by atoms with E-state index in [-0.39, 0.29) is 45.8 Å². The second-order valence-corrected chi connectivity index (χ2v) is 10.6. The monoisotopic (exact) mass is 446 g/mol. The van der Waals surface area contributed by atoms with Crippen molar-refractivity contribution in [3.63, 3.8) is 0 Å². The van der Waals surface area contributed by atoms with Crippen molar-refractivity contribution in [2.24, 2.45) is 0 Å². The van der Waals surface area contributed by atoms with Gasteiger partial charge in [0, 0.05) is 18.8 Å². The molecule has 1 fully saturated rings. The van der Waals surface area contributed by atoms with Crippen LogP contribution in [0.2, 0.25) is 5.02 Å². The molecule has 0 radical (unpaired) electrons. The van der Waals surface area contributed by atoms with Crippen LogP contribution in [0.25, 0.3) is 0 Å². The topological polar surface area (TPSA) is 101 Å². The third kappa shape index (κ3) is 4.62. The van der Waals surface area contributed by atoms with Gasteiger partial charge >= 0.3 is 0 Å². The van der Waals surface area contributed by atoms with E-state index >= 15 is 0 Å². The van der Waals surface area contributed by atoms with Crippen molar-refractivity contribution in [1.82, 2.24) is 4.90 Å². The normalized spacial score (nSPS) is 16.6. The van der Waals surface area contributed by atoms with Crippen LogP contribution in [0.5, 0.6) is 0 Å². The van der Waals surface area contributed by atoms with Crippen LogP contribution in [0.4, 0.5) is 10.1 Å². The Morgan fingerprint density at radius 2 is 1.68 bits per heavy atom. The minimum Gasteiger partial charge on any atom is -0.337 e. The predicted molar refractivity (Wildman–Crippen MR) is 103 cm³/mol. The summed E-state index contributed by atoms with van der Waals surface area (Å²) in [5, 5.41) is 0.0548. The van der Waals surface area contributed by atoms with Gasteiger partial charge in [-0.05, 0) is 42.5 Å². The lowest BCUT2D eigenvalue weighted by Gasteiger charge is -2.27. The number of rotatable bonds is 4. The fourth-order valence-electron chi connectivity index (χ4n) is 2.65. The number of benzene rings is 2. The Labute approximate surface area is 167 Å². The number of sulfonamides is 1. The second kappa shape index (κ2) is 7.69. The smallest absolute Gasteiger partial charge is 0.261 e. The summed E-state index contributed by atoms with van der Waals surface area (Å²) in [6.45, 7) is 0.0323. The Morgan fingerprint density at radius 3 is 2.29 bits per heavy atom. The van der Waals surface area contributed by atoms with E-state index < -0.39 is 31.6 Å². The Morgan fingerprint density at radius 1 is 1.07 bits per heavy atom. The first-order valence-corrected chi connectivity index (χ1v) is 11.8. The van der Waals surface area contributed by atoms with Gasteiger partial charge in [-0.1, -0.05) is 11.6 Å². The lowest BCUT2D eigenvalue weighted by molar-refractivity contribution is 0.0770. The summed E-state index contributed by atoms with van der Waals surface area (Å²) >= 11 is 6.07. The molecule has 11 heteroatoms. The molecule has 0 aromatic heterocycles. The van der Waals surface area contributed by atoms with Crippen molar-refractivity contribution in [2.45, 2.75) is 4.90 Å². The molecule has 7 nitrogen and oxygen atoms in total. The van der Waals surface area contributed by atoms with Crippen LogP contribution in [0, 0.1) is 5.82 Å². The van der Waals surface area contributed by atoms with Crippen molar-refractivity contribution in [2.75, 3.05) is 29.3 Å². The molecule has 0 aliphatic carbocycles. The average Bonchev–Trinajstić information content (AvgIpc) is 2.63. The van der Waals surface area contributed by atoms with E-state index in [0.29, 0.717) is 0 Å². The molecule has 2 aromatic rings. The third-order valence-corrected chi connectivity index (χ3v) is 7.52. The van der Waals surface area contributed by atoms with E-state index in [9.17, 15) is 26.0 Å². The molecular formula is C17H16ClFN2O5S2. The first-order valence-electron chi connectivity index (χ1n) is 8.15. The van der Waals surface area contributed by atoms with Gasteiger partial charge in [0.2, 0.25) is 0 Å². The Bertz CT molecular complexity index is 1100. The number of hydrogen-bond acceptors (Lipinski definition) is 5. The predicted octanol–water partition coefficient (Wildman–Crippen LogP) is 2.15. The second-order valence-electron chi connectivity index (χ2n) is 6.20. The number of carbonyl (C=O) groups is 1. The number of sulfone groups is 1. The zero-order chi connectivity index (χ0) is 20.5. The summed E-state index contributed by atoms with van der Waals surface area (Å²) in [5.41, 5.74) is 0.119. The number of hydrogen-bond donors (Lipinski definition) is 1. The van der Waals surface area contributed by atoms with E-state index in [1.54, 1.807) is 0 Å². The highest BCUT2D eigenvalue weighted by Gasteiger charge is 2.28. The number of nitrogens with zero attached hydrogens (tertiary/aromatic N) is 1. The summed E-state index contributed by atoms with van der Waals surface area (Å²) in [7, 11) is -7.22. The largest absolute Gasteiger partial charge is 0.337 e. The first-order chi connectivity index (χ1) is 13.1. The molecule has 0 saturated carbocycles. The van der Waals surface area contributed by atoms with Crippen LogP contribution in [-0.2, 0) is 19.9 Å². The van der Waals surface area contributed by atoms with Crippen molar-refractivity contribution in [1.29, 1.82) is 0 Å². The van der Waals surface area contributed by atoms with Crippen molar-refractivity contribution in [3.8, 4) is 0 Å². The zero-order valence-electron chi connectivity index (χ0n) is 14.4. The Hall–Kier alpha value is -2.17. The molecule has 0 unspecified atom stereocenters. The Kier molecular flexibility index (Phi) is 5.64. The highest BCUT2D eigenvalue weighted by atomic mass is 35.5. The highest BCUT2D eigenvalue weighted by molar-refractivity contribution is 7.92. The lowest BCUT2D eigenvalue weighted by atomic mass is 10.2. The van der Waals surface area contributed by atoms with Crippen LogP contribution in [-0.4, -0.2) is 52.2 Å². The number of carbonyl (C=O) groups excluding carboxylic acids is 1. The summed E-state index contributed by atoms with van der Waals surface area (Å²) in [6.07, 6.45) is 0. The third-order valence-electron chi connectivity index (χ3n) is 4.21. The SMILES string of the molecule is O=C(c1cc(S(=O)(=O)Nc2ccc(F)cc2)ccc1Cl)N1CCS(=O)(=O)CC1. The fourth-order valence-corrected chi connectivity index (χ4v) is 5.14. The fraction of sp³-hybridized carbons (Fsp3) is 0.235. The Balaban J connectivity index is 1.86. The van der Waals surface area contributed by atoms with E-state index in [4.69, 9.17) is 11.6 Å². The summed E-state index contributed by atoms with van der Waals surface area (Å²) in [5.74, 6) is -1.36. The molecule has 2 aromatic carbocycles. The van der Waals surface area contributed by atoms with Crippen LogP contribution in [0.3, 0.4) is 0 Å². The van der Waals surface area contributed by atoms with Gasteiger partial charge in [0.25, 0.3) is 15.9 Å². The van der Waals surface area contributed by atoms with Gasteiger partial charge in [-0.2, -0.15) is 0 Å². The summed E-state index contributed by atoms with van der Waals surface area (Å²) < 4.78 is 63.5. The van der Waals surface area contributed by atoms with E-state index in [1.165, 1.54) is 29.2 Å². The maximum absolute atomic E-state index is 13.0. The maximum Gasteiger partial charge on any atom is 0.261 e. The van der Waals surface area contributed by atoms with Crippen LogP contribution in [0.1, 0.15) is 10.4 Å². The number of halogens is 2. The van der Waals surface area contributed by atoms with E-state index in [0.717, 1.165) is 18.2 Å². The summed E-state index contributed by atoms with van der Waals surface area (Å²) in [6, 6.07) is 8.42. The van der Waals surface area contributed by atoms with Gasteiger partial charge in [0.05, 0.1) is 27.0 Å². The van der Waals surface area contributed by atoms with Gasteiger partial charge in [0.1, 0.15) is 5.82 Å². The molecule has 1 amide bonds. The molecule has 0 bridgehead atoms. The standard InChI is InChI=1S/C17H16ClFN2O5S2/c18-16-6-5-14(28(25,26)20-13-3-1-12(19)2-4-13)11-15(16)17(22)21-7-9-27(23,24)10-8-21/h1-6,11,20H,7-10H2. The van der Waals surface area contributed by atoms with Crippen molar-refractivity contribution >= 4 is 43.1 Å². The lowest BCUT2D eigenvalue weighted by Crippen LogP contribution is -2.43. The maximum atomic E-state index is 13.0. The van der Waals surface area contributed by atoms with Gasteiger partial charge in [-0.3, -0.25) is 9.52 Å². The number of anilines is 1. The number of nitrogens with one attached hydrogen (secondary N) is 1. The van der Waals surface area contributed by atoms with Gasteiger partial charge in [0.15, 0.2) is 9.84 Å². The molecular weight excluding hydrogens is 431 g/mol. The van der Waals surface area contributed by atoms with Crippen LogP contribution < -0.4 is 4.72 Å². The van der Waals surface area contributed by atoms with Crippen LogP contribution in [0.15, 0.2) is 47.4 Å². The van der Waals surface area contributed by atoms with E-state index in [2.05, 4.69) is 4.72 Å². The van der Waals surface area contributed by atoms with Crippen molar-refractivity contribution in [3.05, 3.63) is 58.9 Å². The molecule has 150 valence electrons. The molecule has 1 saturated heterocycles. The average molecular weight is 447 g/mol. The molecule has 1 heterocycles. The minimum atomic E-state index is -4.05. The quantitative estimate of drug-likeness (QED) is 0.775. The molecule has 0 spiro atoms. The van der Waals surface area contributed by atoms with Gasteiger partial charge < -0.3 is 4.90 Å². The highest BCUT2D eigenvalue weighted by Crippen LogP contribution is 2.24. The molecule has 1 aliphatic rings. The van der Waals surface area contributed by atoms with Crippen molar-refractivity contribution < 1.29 is 26.0 Å².